The average Bonchev–Trinajstić information content (AvgIpc) is 2.63. The van der Waals surface area contributed by atoms with Crippen LogP contribution < -0.4 is 9.80 Å². The van der Waals surface area contributed by atoms with Gasteiger partial charge in [-0.3, -0.25) is 0 Å². The van der Waals surface area contributed by atoms with E-state index >= 15 is 0 Å². The highest BCUT2D eigenvalue weighted by atomic mass is 15.4. The van der Waals surface area contributed by atoms with Gasteiger partial charge >= 0.3 is 0 Å². The van der Waals surface area contributed by atoms with Crippen molar-refractivity contribution in [1.29, 1.82) is 0 Å². The predicted molar refractivity (Wildman–Crippen MR) is 94.2 cm³/mol. The van der Waals surface area contributed by atoms with Gasteiger partial charge in [0.2, 0.25) is 5.95 Å². The molecule has 0 N–H and O–H groups in total. The fraction of sp³-hybridized carbons (Fsp3) is 0.500. The number of anilines is 3. The molecule has 1 fully saturated rings. The van der Waals surface area contributed by atoms with E-state index in [0.717, 1.165) is 37.0 Å². The van der Waals surface area contributed by atoms with E-state index in [2.05, 4.69) is 46.0 Å². The molecular weight excluding hydrogens is 286 g/mol. The van der Waals surface area contributed by atoms with Crippen LogP contribution in [0.1, 0.15) is 39.5 Å². The highest BCUT2D eigenvalue weighted by Gasteiger charge is 2.24. The molecule has 3 rings (SSSR count). The van der Waals surface area contributed by atoms with E-state index in [1.165, 1.54) is 19.3 Å². The van der Waals surface area contributed by atoms with Crippen molar-refractivity contribution in [2.24, 2.45) is 0 Å². The molecule has 1 aliphatic rings. The molecule has 1 aliphatic heterocycles. The number of aromatic nitrogens is 3. The molecule has 2 aromatic rings. The van der Waals surface area contributed by atoms with Crippen molar-refractivity contribution in [3.05, 3.63) is 36.5 Å². The van der Waals surface area contributed by atoms with E-state index in [1.807, 2.05) is 18.2 Å². The molecule has 0 radical (unpaired) electrons. The molecule has 2 heterocycles. The average molecular weight is 311 g/mol. The number of nitrogens with zero attached hydrogens (tertiary/aromatic N) is 5. The first-order chi connectivity index (χ1) is 11.3. The Balaban J connectivity index is 1.89. The SMILES string of the molecule is CCC1CCCCN1c1nncc(N(CC)c2ccccc2)n1. The van der Waals surface area contributed by atoms with Crippen LogP contribution in [-0.2, 0) is 0 Å². The molecule has 0 saturated carbocycles. The first-order valence-corrected chi connectivity index (χ1v) is 8.62. The lowest BCUT2D eigenvalue weighted by molar-refractivity contribution is 0.441. The minimum absolute atomic E-state index is 0.535. The molecule has 1 aromatic heterocycles. The van der Waals surface area contributed by atoms with Gasteiger partial charge in [-0.2, -0.15) is 10.1 Å². The van der Waals surface area contributed by atoms with Crippen LogP contribution in [0.2, 0.25) is 0 Å². The Morgan fingerprint density at radius 1 is 1.17 bits per heavy atom. The van der Waals surface area contributed by atoms with Gasteiger partial charge in [0.1, 0.15) is 0 Å². The second-order valence-corrected chi connectivity index (χ2v) is 5.95. The van der Waals surface area contributed by atoms with Gasteiger partial charge in [0.15, 0.2) is 5.82 Å². The minimum atomic E-state index is 0.535. The zero-order valence-corrected chi connectivity index (χ0v) is 14.0. The van der Waals surface area contributed by atoms with Gasteiger partial charge in [0.05, 0.1) is 6.20 Å². The maximum Gasteiger partial charge on any atom is 0.247 e. The number of hydrogen-bond acceptors (Lipinski definition) is 5. The van der Waals surface area contributed by atoms with E-state index in [-0.39, 0.29) is 0 Å². The third-order valence-electron chi connectivity index (χ3n) is 4.55. The Morgan fingerprint density at radius 2 is 2.00 bits per heavy atom. The molecule has 0 amide bonds. The molecule has 0 bridgehead atoms. The molecular formula is C18H25N5. The quantitative estimate of drug-likeness (QED) is 0.840. The fourth-order valence-corrected chi connectivity index (χ4v) is 3.31. The predicted octanol–water partition coefficient (Wildman–Crippen LogP) is 3.80. The lowest BCUT2D eigenvalue weighted by Gasteiger charge is -2.35. The Bertz CT molecular complexity index is 616. The van der Waals surface area contributed by atoms with Crippen molar-refractivity contribution >= 4 is 17.5 Å². The van der Waals surface area contributed by atoms with E-state index in [4.69, 9.17) is 4.98 Å². The Morgan fingerprint density at radius 3 is 2.74 bits per heavy atom. The fourth-order valence-electron chi connectivity index (χ4n) is 3.31. The third kappa shape index (κ3) is 3.44. The molecule has 122 valence electrons. The summed E-state index contributed by atoms with van der Waals surface area (Å²) in [6.45, 7) is 6.24. The van der Waals surface area contributed by atoms with Gasteiger partial charge in [0.25, 0.3) is 0 Å². The van der Waals surface area contributed by atoms with Crippen LogP contribution in [0.15, 0.2) is 36.5 Å². The summed E-state index contributed by atoms with van der Waals surface area (Å²) in [6, 6.07) is 10.9. The molecule has 5 nitrogen and oxygen atoms in total. The normalized spacial score (nSPS) is 18.0. The molecule has 1 aromatic carbocycles. The standard InChI is InChI=1S/C18H25N5/c1-3-15-10-8-9-13-23(15)18-20-17(14-19-21-18)22(4-2)16-11-6-5-7-12-16/h5-7,11-12,14-15H,3-4,8-10,13H2,1-2H3. The van der Waals surface area contributed by atoms with E-state index in [0.29, 0.717) is 6.04 Å². The zero-order chi connectivity index (χ0) is 16.1. The van der Waals surface area contributed by atoms with Gasteiger partial charge in [-0.05, 0) is 44.7 Å². The summed E-state index contributed by atoms with van der Waals surface area (Å²) < 4.78 is 0. The van der Waals surface area contributed by atoms with Crippen LogP contribution in [0.3, 0.4) is 0 Å². The Labute approximate surface area is 138 Å². The summed E-state index contributed by atoms with van der Waals surface area (Å²) in [5.74, 6) is 1.63. The Hall–Kier alpha value is -2.17. The minimum Gasteiger partial charge on any atom is -0.336 e. The highest BCUT2D eigenvalue weighted by molar-refractivity contribution is 5.59. The lowest BCUT2D eigenvalue weighted by atomic mass is 10.0. The molecule has 0 aliphatic carbocycles. The van der Waals surface area contributed by atoms with Crippen LogP contribution in [0.25, 0.3) is 0 Å². The summed E-state index contributed by atoms with van der Waals surface area (Å²) in [5.41, 5.74) is 1.13. The van der Waals surface area contributed by atoms with Gasteiger partial charge in [0, 0.05) is 24.8 Å². The third-order valence-corrected chi connectivity index (χ3v) is 4.55. The molecule has 0 spiro atoms. The van der Waals surface area contributed by atoms with Gasteiger partial charge in [-0.15, -0.1) is 5.10 Å². The number of piperidine rings is 1. The molecule has 1 unspecified atom stereocenters. The van der Waals surface area contributed by atoms with E-state index in [9.17, 15) is 0 Å². The first kappa shape index (κ1) is 15.7. The number of benzene rings is 1. The second kappa shape index (κ2) is 7.40. The van der Waals surface area contributed by atoms with E-state index in [1.54, 1.807) is 6.20 Å². The maximum atomic E-state index is 4.82. The van der Waals surface area contributed by atoms with Crippen molar-refractivity contribution in [2.45, 2.75) is 45.6 Å². The summed E-state index contributed by atoms with van der Waals surface area (Å²) in [7, 11) is 0. The molecule has 23 heavy (non-hydrogen) atoms. The highest BCUT2D eigenvalue weighted by Crippen LogP contribution is 2.27. The molecule has 1 atom stereocenters. The summed E-state index contributed by atoms with van der Waals surface area (Å²) in [5, 5.41) is 8.54. The van der Waals surface area contributed by atoms with Crippen molar-refractivity contribution < 1.29 is 0 Å². The van der Waals surface area contributed by atoms with Crippen LogP contribution in [-0.4, -0.2) is 34.3 Å². The van der Waals surface area contributed by atoms with Crippen molar-refractivity contribution in [3.63, 3.8) is 0 Å². The zero-order valence-electron chi connectivity index (χ0n) is 14.0. The number of para-hydroxylation sites is 1. The number of hydrogen-bond donors (Lipinski definition) is 0. The Kier molecular flexibility index (Phi) is 5.05. The van der Waals surface area contributed by atoms with Crippen LogP contribution in [0.4, 0.5) is 17.5 Å². The molecule has 1 saturated heterocycles. The smallest absolute Gasteiger partial charge is 0.247 e. The summed E-state index contributed by atoms with van der Waals surface area (Å²) >= 11 is 0. The summed E-state index contributed by atoms with van der Waals surface area (Å²) in [6.07, 6.45) is 6.61. The van der Waals surface area contributed by atoms with Crippen LogP contribution >= 0.6 is 0 Å². The van der Waals surface area contributed by atoms with Gasteiger partial charge < -0.3 is 9.80 Å². The van der Waals surface area contributed by atoms with Crippen LogP contribution in [0, 0.1) is 0 Å². The van der Waals surface area contributed by atoms with Gasteiger partial charge in [-0.25, -0.2) is 0 Å². The maximum absolute atomic E-state index is 4.82. The lowest BCUT2D eigenvalue weighted by Crippen LogP contribution is -2.40. The van der Waals surface area contributed by atoms with Crippen molar-refractivity contribution in [3.8, 4) is 0 Å². The monoisotopic (exact) mass is 311 g/mol. The molecule has 5 heteroatoms. The largest absolute Gasteiger partial charge is 0.336 e. The van der Waals surface area contributed by atoms with Crippen molar-refractivity contribution in [2.75, 3.05) is 22.9 Å². The van der Waals surface area contributed by atoms with Gasteiger partial charge in [-0.1, -0.05) is 25.1 Å². The topological polar surface area (TPSA) is 45.2 Å². The summed E-state index contributed by atoms with van der Waals surface area (Å²) in [4.78, 5) is 9.32. The first-order valence-electron chi connectivity index (χ1n) is 8.62. The van der Waals surface area contributed by atoms with Crippen molar-refractivity contribution in [1.82, 2.24) is 15.2 Å². The van der Waals surface area contributed by atoms with Crippen LogP contribution in [0.5, 0.6) is 0 Å². The number of rotatable bonds is 5. The second-order valence-electron chi connectivity index (χ2n) is 5.95. The van der Waals surface area contributed by atoms with E-state index < -0.39 is 0 Å².